The third-order valence-corrected chi connectivity index (χ3v) is 4.67. The number of aliphatic hydroxyl groups excluding tert-OH is 2. The molecule has 0 spiro atoms. The van der Waals surface area contributed by atoms with Crippen LogP contribution in [0.1, 0.15) is 24.1 Å². The highest BCUT2D eigenvalue weighted by Crippen LogP contribution is 2.38. The van der Waals surface area contributed by atoms with Crippen molar-refractivity contribution in [2.45, 2.75) is 38.5 Å². The van der Waals surface area contributed by atoms with Gasteiger partial charge in [0.05, 0.1) is 18.8 Å². The Bertz CT molecular complexity index is 684. The van der Waals surface area contributed by atoms with Crippen LogP contribution in [0.4, 0.5) is 0 Å². The summed E-state index contributed by atoms with van der Waals surface area (Å²) in [6.07, 6.45) is 3.14. The van der Waals surface area contributed by atoms with E-state index in [1.165, 1.54) is 0 Å². The number of ether oxygens (including phenoxy) is 1. The lowest BCUT2D eigenvalue weighted by molar-refractivity contribution is 0.0438. The Hall–Kier alpha value is -1.15. The van der Waals surface area contributed by atoms with Gasteiger partial charge in [0.15, 0.2) is 0 Å². The molecule has 28 heavy (non-hydrogen) atoms. The van der Waals surface area contributed by atoms with Gasteiger partial charge in [-0.25, -0.2) is 4.98 Å². The Morgan fingerprint density at radius 3 is 2.43 bits per heavy atom. The van der Waals surface area contributed by atoms with E-state index in [9.17, 15) is 10.2 Å². The van der Waals surface area contributed by atoms with E-state index in [0.29, 0.717) is 38.4 Å². The van der Waals surface area contributed by atoms with Crippen molar-refractivity contribution in [1.29, 1.82) is 0 Å². The first-order chi connectivity index (χ1) is 12.1. The SMILES string of the molecule is Cc1cccc(OCC2(CNCc3cccnc3)C[C@@H](O)[C@@H](O)C2)n1.Cl.Cl.Cl. The normalized spacial score (nSPS) is 23.1. The molecule has 0 aromatic carbocycles. The van der Waals surface area contributed by atoms with Gasteiger partial charge in [0.1, 0.15) is 0 Å². The zero-order chi connectivity index (χ0) is 17.7. The highest BCUT2D eigenvalue weighted by molar-refractivity contribution is 5.86. The number of halogens is 3. The van der Waals surface area contributed by atoms with Crippen LogP contribution in [0, 0.1) is 12.3 Å². The van der Waals surface area contributed by atoms with Crippen molar-refractivity contribution in [2.75, 3.05) is 13.2 Å². The molecule has 1 aliphatic carbocycles. The summed E-state index contributed by atoms with van der Waals surface area (Å²) in [5, 5.41) is 23.5. The average molecular weight is 453 g/mol. The molecule has 0 bridgehead atoms. The van der Waals surface area contributed by atoms with Crippen LogP contribution in [0.5, 0.6) is 5.88 Å². The lowest BCUT2D eigenvalue weighted by Crippen LogP contribution is -2.38. The standard InChI is InChI=1S/C19H25N3O3.3ClH/c1-14-4-2-6-18(22-14)25-13-19(8-16(23)17(24)9-19)12-21-11-15-5-3-7-20-10-15;;;/h2-7,10,16-17,21,23-24H,8-9,11-13H2,1H3;3*1H/t16-,17+,19?;;;. The molecule has 3 atom stereocenters. The average Bonchev–Trinajstić information content (AvgIpc) is 2.89. The van der Waals surface area contributed by atoms with Gasteiger partial charge in [-0.1, -0.05) is 12.1 Å². The third-order valence-electron chi connectivity index (χ3n) is 4.67. The van der Waals surface area contributed by atoms with Gasteiger partial charge in [0.25, 0.3) is 0 Å². The first-order valence-electron chi connectivity index (χ1n) is 8.59. The first-order valence-corrected chi connectivity index (χ1v) is 8.59. The summed E-state index contributed by atoms with van der Waals surface area (Å²) in [5.41, 5.74) is 1.66. The highest BCUT2D eigenvalue weighted by Gasteiger charge is 2.44. The molecular formula is C19H28Cl3N3O3. The lowest BCUT2D eigenvalue weighted by Gasteiger charge is -2.29. The molecule has 2 aromatic rings. The van der Waals surface area contributed by atoms with E-state index >= 15 is 0 Å². The predicted octanol–water partition coefficient (Wildman–Crippen LogP) is 2.72. The number of hydrogen-bond donors (Lipinski definition) is 3. The van der Waals surface area contributed by atoms with E-state index in [1.54, 1.807) is 6.20 Å². The van der Waals surface area contributed by atoms with E-state index in [0.717, 1.165) is 11.3 Å². The van der Waals surface area contributed by atoms with E-state index < -0.39 is 12.2 Å². The van der Waals surface area contributed by atoms with Gasteiger partial charge in [-0.2, -0.15) is 0 Å². The molecule has 3 N–H and O–H groups in total. The summed E-state index contributed by atoms with van der Waals surface area (Å²) in [4.78, 5) is 8.46. The maximum Gasteiger partial charge on any atom is 0.213 e. The summed E-state index contributed by atoms with van der Waals surface area (Å²) < 4.78 is 5.89. The molecule has 0 aliphatic heterocycles. The van der Waals surface area contributed by atoms with Crippen molar-refractivity contribution in [3.8, 4) is 5.88 Å². The molecule has 0 saturated heterocycles. The van der Waals surface area contributed by atoms with Crippen molar-refractivity contribution in [3.63, 3.8) is 0 Å². The van der Waals surface area contributed by atoms with Crippen molar-refractivity contribution in [2.24, 2.45) is 5.41 Å². The fourth-order valence-corrected chi connectivity index (χ4v) is 3.36. The maximum atomic E-state index is 10.0. The lowest BCUT2D eigenvalue weighted by atomic mass is 9.86. The molecule has 9 heteroatoms. The van der Waals surface area contributed by atoms with Gasteiger partial charge < -0.3 is 20.3 Å². The molecule has 1 fully saturated rings. The van der Waals surface area contributed by atoms with E-state index in [1.807, 2.05) is 43.5 Å². The van der Waals surface area contributed by atoms with Gasteiger partial charge in [-0.05, 0) is 37.5 Å². The molecule has 1 aliphatic rings. The van der Waals surface area contributed by atoms with E-state index in [4.69, 9.17) is 4.74 Å². The van der Waals surface area contributed by atoms with Gasteiger partial charge in [0, 0.05) is 42.7 Å². The number of rotatable bonds is 7. The Balaban J connectivity index is 0.00000243. The maximum absolute atomic E-state index is 10.0. The van der Waals surface area contributed by atoms with Crippen molar-refractivity contribution in [1.82, 2.24) is 15.3 Å². The molecule has 2 aromatic heterocycles. The van der Waals surface area contributed by atoms with Crippen LogP contribution in [0.25, 0.3) is 0 Å². The van der Waals surface area contributed by atoms with Crippen LogP contribution in [0.3, 0.4) is 0 Å². The smallest absolute Gasteiger partial charge is 0.213 e. The monoisotopic (exact) mass is 451 g/mol. The molecule has 0 radical (unpaired) electrons. The fraction of sp³-hybridized carbons (Fsp3) is 0.474. The number of nitrogens with one attached hydrogen (secondary N) is 1. The molecule has 158 valence electrons. The summed E-state index contributed by atoms with van der Waals surface area (Å²) in [5.74, 6) is 0.572. The number of pyridine rings is 2. The second-order valence-corrected chi connectivity index (χ2v) is 6.91. The second kappa shape index (κ2) is 12.4. The van der Waals surface area contributed by atoms with Crippen LogP contribution >= 0.6 is 37.2 Å². The number of aliphatic hydroxyl groups is 2. The topological polar surface area (TPSA) is 87.5 Å². The van der Waals surface area contributed by atoms with Crippen molar-refractivity contribution in [3.05, 3.63) is 54.0 Å². The summed E-state index contributed by atoms with van der Waals surface area (Å²) >= 11 is 0. The van der Waals surface area contributed by atoms with Gasteiger partial charge >= 0.3 is 0 Å². The zero-order valence-electron chi connectivity index (χ0n) is 15.7. The van der Waals surface area contributed by atoms with Gasteiger partial charge in [-0.3, -0.25) is 4.98 Å². The van der Waals surface area contributed by atoms with Crippen LogP contribution in [0.2, 0.25) is 0 Å². The largest absolute Gasteiger partial charge is 0.477 e. The molecule has 1 saturated carbocycles. The molecule has 6 nitrogen and oxygen atoms in total. The van der Waals surface area contributed by atoms with E-state index in [2.05, 4.69) is 15.3 Å². The highest BCUT2D eigenvalue weighted by atomic mass is 35.5. The molecule has 0 amide bonds. The first kappa shape index (κ1) is 26.9. The third kappa shape index (κ3) is 7.35. The van der Waals surface area contributed by atoms with Crippen LogP contribution in [-0.2, 0) is 6.54 Å². The van der Waals surface area contributed by atoms with E-state index in [-0.39, 0.29) is 42.6 Å². The Kier molecular flexibility index (Phi) is 11.9. The summed E-state index contributed by atoms with van der Waals surface area (Å²) in [6, 6.07) is 9.57. The minimum absolute atomic E-state index is 0. The summed E-state index contributed by atoms with van der Waals surface area (Å²) in [7, 11) is 0. The van der Waals surface area contributed by atoms with Crippen molar-refractivity contribution < 1.29 is 14.9 Å². The Labute approximate surface area is 184 Å². The van der Waals surface area contributed by atoms with Crippen LogP contribution in [-0.4, -0.2) is 45.5 Å². The molecule has 3 rings (SSSR count). The number of hydrogen-bond acceptors (Lipinski definition) is 6. The van der Waals surface area contributed by atoms with Crippen molar-refractivity contribution >= 4 is 37.2 Å². The Morgan fingerprint density at radius 2 is 1.82 bits per heavy atom. The molecule has 1 unspecified atom stereocenters. The number of aryl methyl sites for hydroxylation is 1. The number of aromatic nitrogens is 2. The quantitative estimate of drug-likeness (QED) is 0.599. The van der Waals surface area contributed by atoms with Gasteiger partial charge in [0.2, 0.25) is 5.88 Å². The summed E-state index contributed by atoms with van der Waals surface area (Å²) in [6.45, 7) is 3.64. The minimum Gasteiger partial charge on any atom is -0.477 e. The predicted molar refractivity (Wildman–Crippen MR) is 116 cm³/mol. The second-order valence-electron chi connectivity index (χ2n) is 6.91. The Morgan fingerprint density at radius 1 is 1.11 bits per heavy atom. The van der Waals surface area contributed by atoms with Crippen LogP contribution in [0.15, 0.2) is 42.7 Å². The fourth-order valence-electron chi connectivity index (χ4n) is 3.36. The minimum atomic E-state index is -0.714. The number of nitrogens with zero attached hydrogens (tertiary/aromatic N) is 2. The molecule has 2 heterocycles. The van der Waals surface area contributed by atoms with Gasteiger partial charge in [-0.15, -0.1) is 37.2 Å². The van der Waals surface area contributed by atoms with Crippen LogP contribution < -0.4 is 10.1 Å². The zero-order valence-corrected chi connectivity index (χ0v) is 18.1. The molecular weight excluding hydrogens is 425 g/mol.